The van der Waals surface area contributed by atoms with Crippen molar-refractivity contribution in [3.8, 4) is 5.75 Å². The zero-order valence-corrected chi connectivity index (χ0v) is 16.9. The van der Waals surface area contributed by atoms with Crippen molar-refractivity contribution in [1.82, 2.24) is 14.5 Å². The molecule has 154 valence electrons. The number of pyridine rings is 1. The molecule has 0 bridgehead atoms. The number of aromatic amines is 1. The summed E-state index contributed by atoms with van der Waals surface area (Å²) in [5.41, 5.74) is 4.49. The van der Waals surface area contributed by atoms with Gasteiger partial charge in [-0.05, 0) is 48.0 Å². The standard InChI is InChI=1S/C24H21N5O2/c1-31-18-6-2-5-17(13-18)27-24(30)28-21-8-3-9-22-20(21)10-12-29(22)15-16-14-26-23-19(16)7-4-11-25-23/h2-14H,15H2,1H3,(H,25,26)(H2,27,28,30). The molecule has 0 spiro atoms. The molecule has 0 saturated carbocycles. The van der Waals surface area contributed by atoms with Gasteiger partial charge in [0.05, 0.1) is 18.3 Å². The number of hydrogen-bond acceptors (Lipinski definition) is 3. The maximum absolute atomic E-state index is 12.6. The van der Waals surface area contributed by atoms with Gasteiger partial charge in [-0.15, -0.1) is 0 Å². The van der Waals surface area contributed by atoms with Crippen LogP contribution >= 0.6 is 0 Å². The van der Waals surface area contributed by atoms with Crippen molar-refractivity contribution in [3.05, 3.63) is 84.8 Å². The molecule has 7 nitrogen and oxygen atoms in total. The minimum atomic E-state index is -0.309. The van der Waals surface area contributed by atoms with Gasteiger partial charge in [0.25, 0.3) is 0 Å². The molecule has 0 atom stereocenters. The van der Waals surface area contributed by atoms with Crippen LogP contribution in [0.25, 0.3) is 21.9 Å². The molecule has 3 heterocycles. The topological polar surface area (TPSA) is 84.0 Å². The monoisotopic (exact) mass is 411 g/mol. The fraction of sp³-hybridized carbons (Fsp3) is 0.0833. The summed E-state index contributed by atoms with van der Waals surface area (Å²) in [5.74, 6) is 0.685. The van der Waals surface area contributed by atoms with E-state index >= 15 is 0 Å². The van der Waals surface area contributed by atoms with E-state index in [-0.39, 0.29) is 6.03 Å². The second-order valence-corrected chi connectivity index (χ2v) is 7.21. The lowest BCUT2D eigenvalue weighted by molar-refractivity contribution is 0.262. The predicted molar refractivity (Wildman–Crippen MR) is 123 cm³/mol. The van der Waals surface area contributed by atoms with Crippen molar-refractivity contribution in [2.24, 2.45) is 0 Å². The first kappa shape index (κ1) is 18.7. The zero-order chi connectivity index (χ0) is 21.2. The third kappa shape index (κ3) is 3.69. The smallest absolute Gasteiger partial charge is 0.323 e. The van der Waals surface area contributed by atoms with Crippen molar-refractivity contribution in [1.29, 1.82) is 0 Å². The average molecular weight is 411 g/mol. The number of fused-ring (bicyclic) bond motifs is 2. The Morgan fingerprint density at radius 3 is 2.87 bits per heavy atom. The van der Waals surface area contributed by atoms with Gasteiger partial charge in [-0.25, -0.2) is 9.78 Å². The number of rotatable bonds is 5. The van der Waals surface area contributed by atoms with Gasteiger partial charge in [0.1, 0.15) is 11.4 Å². The quantitative estimate of drug-likeness (QED) is 0.371. The Labute approximate surface area is 178 Å². The van der Waals surface area contributed by atoms with Crippen LogP contribution in [-0.4, -0.2) is 27.7 Å². The Kier molecular flexibility index (Phi) is 4.76. The van der Waals surface area contributed by atoms with Crippen LogP contribution < -0.4 is 15.4 Å². The van der Waals surface area contributed by atoms with Crippen molar-refractivity contribution < 1.29 is 9.53 Å². The Morgan fingerprint density at radius 1 is 1.06 bits per heavy atom. The number of methoxy groups -OCH3 is 1. The highest BCUT2D eigenvalue weighted by Crippen LogP contribution is 2.27. The van der Waals surface area contributed by atoms with Crippen LogP contribution in [0, 0.1) is 0 Å². The molecule has 31 heavy (non-hydrogen) atoms. The van der Waals surface area contributed by atoms with Gasteiger partial charge in [0.2, 0.25) is 0 Å². The van der Waals surface area contributed by atoms with E-state index in [2.05, 4.69) is 31.2 Å². The van der Waals surface area contributed by atoms with Gasteiger partial charge in [0, 0.05) is 47.7 Å². The minimum Gasteiger partial charge on any atom is -0.497 e. The summed E-state index contributed by atoms with van der Waals surface area (Å²) in [4.78, 5) is 20.1. The highest BCUT2D eigenvalue weighted by Gasteiger charge is 2.11. The number of nitrogens with zero attached hydrogens (tertiary/aromatic N) is 2. The first-order chi connectivity index (χ1) is 15.2. The van der Waals surface area contributed by atoms with E-state index in [0.29, 0.717) is 18.0 Å². The summed E-state index contributed by atoms with van der Waals surface area (Å²) < 4.78 is 7.37. The lowest BCUT2D eigenvalue weighted by Crippen LogP contribution is -2.19. The van der Waals surface area contributed by atoms with Gasteiger partial charge in [-0.1, -0.05) is 12.1 Å². The van der Waals surface area contributed by atoms with Crippen molar-refractivity contribution >= 4 is 39.3 Å². The molecule has 5 rings (SSSR count). The van der Waals surface area contributed by atoms with Crippen LogP contribution in [0.5, 0.6) is 5.75 Å². The van der Waals surface area contributed by atoms with E-state index < -0.39 is 0 Å². The number of urea groups is 1. The Bertz CT molecular complexity index is 1390. The maximum Gasteiger partial charge on any atom is 0.323 e. The predicted octanol–water partition coefficient (Wildman–Crippen LogP) is 5.22. The fourth-order valence-electron chi connectivity index (χ4n) is 3.78. The van der Waals surface area contributed by atoms with Crippen LogP contribution in [0.4, 0.5) is 16.2 Å². The molecule has 7 heteroatoms. The maximum atomic E-state index is 12.6. The molecule has 0 aliphatic heterocycles. The molecular weight excluding hydrogens is 390 g/mol. The van der Waals surface area contributed by atoms with Gasteiger partial charge < -0.3 is 24.9 Å². The molecule has 2 aromatic carbocycles. The van der Waals surface area contributed by atoms with E-state index in [1.165, 1.54) is 0 Å². The molecule has 0 aliphatic carbocycles. The third-order valence-electron chi connectivity index (χ3n) is 5.27. The normalized spacial score (nSPS) is 11.0. The first-order valence-electron chi connectivity index (χ1n) is 9.92. The summed E-state index contributed by atoms with van der Waals surface area (Å²) >= 11 is 0. The molecule has 3 aromatic heterocycles. The number of anilines is 2. The number of ether oxygens (including phenoxy) is 1. The Morgan fingerprint density at radius 2 is 1.97 bits per heavy atom. The number of carbonyl (C=O) groups excluding carboxylic acids is 1. The average Bonchev–Trinajstić information content (AvgIpc) is 3.39. The molecule has 0 unspecified atom stereocenters. The van der Waals surface area contributed by atoms with Crippen LogP contribution in [0.1, 0.15) is 5.56 Å². The Hall–Kier alpha value is -4.26. The zero-order valence-electron chi connectivity index (χ0n) is 16.9. The SMILES string of the molecule is COc1cccc(NC(=O)Nc2cccc3c2ccn3Cc2c[nH]c3ncccc23)c1. The number of benzene rings is 2. The molecule has 3 N–H and O–H groups in total. The highest BCUT2D eigenvalue weighted by molar-refractivity contribution is 6.05. The number of nitrogens with one attached hydrogen (secondary N) is 3. The summed E-state index contributed by atoms with van der Waals surface area (Å²) in [6, 6.07) is 18.8. The van der Waals surface area contributed by atoms with E-state index in [0.717, 1.165) is 33.2 Å². The number of H-pyrrole nitrogens is 1. The van der Waals surface area contributed by atoms with Gasteiger partial charge >= 0.3 is 6.03 Å². The summed E-state index contributed by atoms with van der Waals surface area (Å²) in [5, 5.41) is 7.88. The fourth-order valence-corrected chi connectivity index (χ4v) is 3.78. The van der Waals surface area contributed by atoms with Crippen LogP contribution in [0.15, 0.2) is 79.3 Å². The molecule has 5 aromatic rings. The molecule has 0 saturated heterocycles. The van der Waals surface area contributed by atoms with Gasteiger partial charge in [0.15, 0.2) is 0 Å². The van der Waals surface area contributed by atoms with Gasteiger partial charge in [-0.3, -0.25) is 0 Å². The van der Waals surface area contributed by atoms with E-state index in [9.17, 15) is 4.79 Å². The highest BCUT2D eigenvalue weighted by atomic mass is 16.5. The number of aromatic nitrogens is 3. The second kappa shape index (κ2) is 7.87. The van der Waals surface area contributed by atoms with E-state index in [1.54, 1.807) is 19.4 Å². The summed E-state index contributed by atoms with van der Waals surface area (Å²) in [6.45, 7) is 0.703. The molecule has 0 radical (unpaired) electrons. The molecule has 0 aliphatic rings. The molecular formula is C24H21N5O2. The van der Waals surface area contributed by atoms with Crippen LogP contribution in [0.2, 0.25) is 0 Å². The lowest BCUT2D eigenvalue weighted by Gasteiger charge is -2.10. The van der Waals surface area contributed by atoms with Crippen LogP contribution in [-0.2, 0) is 6.54 Å². The minimum absolute atomic E-state index is 0.309. The number of amides is 2. The van der Waals surface area contributed by atoms with E-state index in [1.807, 2.05) is 60.9 Å². The van der Waals surface area contributed by atoms with E-state index in [4.69, 9.17) is 4.74 Å². The van der Waals surface area contributed by atoms with Crippen molar-refractivity contribution in [3.63, 3.8) is 0 Å². The number of carbonyl (C=O) groups is 1. The van der Waals surface area contributed by atoms with Crippen molar-refractivity contribution in [2.75, 3.05) is 17.7 Å². The summed E-state index contributed by atoms with van der Waals surface area (Å²) in [7, 11) is 1.59. The second-order valence-electron chi connectivity index (χ2n) is 7.21. The van der Waals surface area contributed by atoms with Crippen molar-refractivity contribution in [2.45, 2.75) is 6.54 Å². The first-order valence-corrected chi connectivity index (χ1v) is 9.92. The number of hydrogen-bond donors (Lipinski definition) is 3. The lowest BCUT2D eigenvalue weighted by atomic mass is 10.2. The third-order valence-corrected chi connectivity index (χ3v) is 5.27. The molecule has 2 amide bonds. The molecule has 0 fully saturated rings. The largest absolute Gasteiger partial charge is 0.497 e. The summed E-state index contributed by atoms with van der Waals surface area (Å²) in [6.07, 6.45) is 5.81. The van der Waals surface area contributed by atoms with Crippen LogP contribution in [0.3, 0.4) is 0 Å². The Balaban J connectivity index is 1.38. The van der Waals surface area contributed by atoms with Gasteiger partial charge in [-0.2, -0.15) is 0 Å².